The molecule has 3 amide bonds. The number of thioether (sulfide) groups is 1. The zero-order valence-corrected chi connectivity index (χ0v) is 15.8. The molecule has 0 aromatic heterocycles. The van der Waals surface area contributed by atoms with Crippen LogP contribution in [0.5, 0.6) is 5.75 Å². The molecule has 2 fully saturated rings. The molecule has 1 aromatic rings. The maximum atomic E-state index is 12.7. The maximum Gasteiger partial charge on any atom is 0.322 e. The van der Waals surface area contributed by atoms with Crippen molar-refractivity contribution < 1.29 is 14.3 Å². The summed E-state index contributed by atoms with van der Waals surface area (Å²) in [4.78, 5) is 26.9. The van der Waals surface area contributed by atoms with Crippen LogP contribution in [0.2, 0.25) is 0 Å². The summed E-state index contributed by atoms with van der Waals surface area (Å²) in [7, 11) is 0. The van der Waals surface area contributed by atoms with Gasteiger partial charge in [0.2, 0.25) is 0 Å². The van der Waals surface area contributed by atoms with Crippen molar-refractivity contribution in [1.82, 2.24) is 10.6 Å². The predicted molar refractivity (Wildman–Crippen MR) is 106 cm³/mol. The first-order valence-electron chi connectivity index (χ1n) is 8.70. The van der Waals surface area contributed by atoms with Gasteiger partial charge in [0.25, 0.3) is 5.91 Å². The number of carbonyl (C=O) groups is 2. The van der Waals surface area contributed by atoms with Gasteiger partial charge in [-0.3, -0.25) is 9.69 Å². The molecule has 8 heteroatoms. The molecule has 1 saturated heterocycles. The number of ether oxygens (including phenoxy) is 1. The minimum atomic E-state index is -0.190. The fraction of sp³-hybridized carbons (Fsp3) is 0.389. The second-order valence-electron chi connectivity index (χ2n) is 6.51. The quantitative estimate of drug-likeness (QED) is 0.601. The Hall–Kier alpha value is -2.06. The Labute approximate surface area is 161 Å². The van der Waals surface area contributed by atoms with Gasteiger partial charge in [-0.15, -0.1) is 0 Å². The smallest absolute Gasteiger partial charge is 0.322 e. The largest absolute Gasteiger partial charge is 0.490 e. The van der Waals surface area contributed by atoms with Crippen LogP contribution >= 0.6 is 24.0 Å². The fourth-order valence-electron chi connectivity index (χ4n) is 3.43. The molecule has 26 heavy (non-hydrogen) atoms. The molecule has 2 heterocycles. The Kier molecular flexibility index (Phi) is 4.86. The van der Waals surface area contributed by atoms with E-state index in [1.807, 2.05) is 18.2 Å². The minimum Gasteiger partial charge on any atom is -0.490 e. The molecule has 3 aliphatic rings. The second kappa shape index (κ2) is 7.28. The summed E-state index contributed by atoms with van der Waals surface area (Å²) in [6, 6.07) is 5.77. The fourth-order valence-corrected chi connectivity index (χ4v) is 4.47. The summed E-state index contributed by atoms with van der Waals surface area (Å²) in [5.74, 6) is 0.490. The van der Waals surface area contributed by atoms with Crippen LogP contribution in [-0.4, -0.2) is 35.5 Å². The van der Waals surface area contributed by atoms with Crippen LogP contribution in [0.15, 0.2) is 23.1 Å². The van der Waals surface area contributed by atoms with Crippen LogP contribution in [-0.2, 0) is 4.79 Å². The van der Waals surface area contributed by atoms with Crippen molar-refractivity contribution >= 4 is 52.0 Å². The highest BCUT2D eigenvalue weighted by atomic mass is 32.2. The maximum absolute atomic E-state index is 12.7. The van der Waals surface area contributed by atoms with Gasteiger partial charge < -0.3 is 15.4 Å². The molecule has 1 aliphatic carbocycles. The van der Waals surface area contributed by atoms with E-state index in [0.717, 1.165) is 24.1 Å². The number of benzene rings is 1. The number of nitrogens with one attached hydrogen (secondary N) is 2. The molecule has 0 unspecified atom stereocenters. The van der Waals surface area contributed by atoms with Gasteiger partial charge in [0.15, 0.2) is 0 Å². The summed E-state index contributed by atoms with van der Waals surface area (Å²) in [6.07, 6.45) is 6.21. The second-order valence-corrected chi connectivity index (χ2v) is 8.23. The van der Waals surface area contributed by atoms with E-state index in [0.29, 0.717) is 28.1 Å². The average molecular weight is 390 g/mol. The highest BCUT2D eigenvalue weighted by Gasteiger charge is 2.27. The van der Waals surface area contributed by atoms with Crippen LogP contribution in [0.4, 0.5) is 10.5 Å². The normalized spacial score (nSPS) is 21.5. The van der Waals surface area contributed by atoms with E-state index in [4.69, 9.17) is 17.0 Å². The lowest BCUT2D eigenvalue weighted by molar-refractivity contribution is -0.115. The lowest BCUT2D eigenvalue weighted by Crippen LogP contribution is -2.47. The van der Waals surface area contributed by atoms with Crippen molar-refractivity contribution in [3.05, 3.63) is 28.7 Å². The Morgan fingerprint density at radius 1 is 1.38 bits per heavy atom. The first-order valence-corrected chi connectivity index (χ1v) is 9.92. The van der Waals surface area contributed by atoms with Crippen molar-refractivity contribution in [3.8, 4) is 5.75 Å². The number of carbonyl (C=O) groups excluding carboxylic acids is 2. The highest BCUT2D eigenvalue weighted by Crippen LogP contribution is 2.34. The number of fused-ring (bicyclic) bond motifs is 1. The van der Waals surface area contributed by atoms with Crippen molar-refractivity contribution in [3.63, 3.8) is 0 Å². The van der Waals surface area contributed by atoms with Gasteiger partial charge in [-0.25, -0.2) is 4.79 Å². The molecule has 4 rings (SSSR count). The zero-order valence-electron chi connectivity index (χ0n) is 14.1. The average Bonchev–Trinajstić information content (AvgIpc) is 3.24. The molecule has 1 aromatic carbocycles. The zero-order chi connectivity index (χ0) is 18.1. The molecular formula is C18H19N3O3S2. The number of urea groups is 1. The van der Waals surface area contributed by atoms with E-state index in [-0.39, 0.29) is 18.0 Å². The number of amides is 3. The van der Waals surface area contributed by atoms with Crippen LogP contribution in [0.3, 0.4) is 0 Å². The summed E-state index contributed by atoms with van der Waals surface area (Å²) >= 11 is 6.26. The number of nitrogens with zero attached hydrogens (tertiary/aromatic N) is 1. The van der Waals surface area contributed by atoms with Crippen molar-refractivity contribution in [1.29, 1.82) is 0 Å². The first kappa shape index (κ1) is 17.4. The Morgan fingerprint density at radius 2 is 2.19 bits per heavy atom. The molecule has 6 nitrogen and oxygen atoms in total. The van der Waals surface area contributed by atoms with Gasteiger partial charge in [-0.05, 0) is 36.6 Å². The van der Waals surface area contributed by atoms with Gasteiger partial charge in [-0.1, -0.05) is 42.9 Å². The number of thiocarbonyl (C=S) groups is 1. The lowest BCUT2D eigenvalue weighted by Gasteiger charge is -2.31. The van der Waals surface area contributed by atoms with E-state index < -0.39 is 0 Å². The summed E-state index contributed by atoms with van der Waals surface area (Å²) in [5, 5.41) is 5.73. The molecule has 0 radical (unpaired) electrons. The van der Waals surface area contributed by atoms with E-state index in [2.05, 4.69) is 10.6 Å². The number of hydrogen-bond donors (Lipinski definition) is 2. The van der Waals surface area contributed by atoms with Crippen molar-refractivity contribution in [2.24, 2.45) is 0 Å². The summed E-state index contributed by atoms with van der Waals surface area (Å²) in [6.45, 7) is 0.975. The summed E-state index contributed by atoms with van der Waals surface area (Å²) < 4.78 is 6.15. The lowest BCUT2D eigenvalue weighted by atomic mass is 10.1. The van der Waals surface area contributed by atoms with Crippen LogP contribution < -0.4 is 20.3 Å². The molecule has 0 atom stereocenters. The molecule has 0 spiro atoms. The molecule has 136 valence electrons. The van der Waals surface area contributed by atoms with Gasteiger partial charge in [0, 0.05) is 6.04 Å². The Balaban J connectivity index is 1.58. The van der Waals surface area contributed by atoms with Crippen molar-refractivity contribution in [2.75, 3.05) is 18.1 Å². The third kappa shape index (κ3) is 3.57. The van der Waals surface area contributed by atoms with E-state index in [1.165, 1.54) is 24.6 Å². The molecular weight excluding hydrogens is 370 g/mol. The van der Waals surface area contributed by atoms with E-state index >= 15 is 0 Å². The number of hydrogen-bond acceptors (Lipinski definition) is 5. The monoisotopic (exact) mass is 389 g/mol. The number of rotatable bonds is 2. The Morgan fingerprint density at radius 3 is 2.92 bits per heavy atom. The standard InChI is InChI=1S/C18H19N3O3S2/c22-16-15(26-18(25)20-16)10-11-5-6-14-13(9-11)21(7-8-24-14)17(23)19-12-3-1-2-4-12/h5-6,9-10,12H,1-4,7-8H2,(H,19,23)(H,20,22,25)/b15-10-. The van der Waals surface area contributed by atoms with Gasteiger partial charge in [0.05, 0.1) is 17.1 Å². The Bertz CT molecular complexity index is 803. The molecule has 0 bridgehead atoms. The van der Waals surface area contributed by atoms with Crippen molar-refractivity contribution in [2.45, 2.75) is 31.7 Å². The van der Waals surface area contributed by atoms with Gasteiger partial charge in [0.1, 0.15) is 16.7 Å². The van der Waals surface area contributed by atoms with Gasteiger partial charge in [-0.2, -0.15) is 0 Å². The molecule has 2 aliphatic heterocycles. The highest BCUT2D eigenvalue weighted by molar-refractivity contribution is 8.26. The number of anilines is 1. The van der Waals surface area contributed by atoms with Crippen LogP contribution in [0.25, 0.3) is 6.08 Å². The van der Waals surface area contributed by atoms with Crippen LogP contribution in [0.1, 0.15) is 31.2 Å². The third-order valence-corrected chi connectivity index (χ3v) is 5.88. The predicted octanol–water partition coefficient (Wildman–Crippen LogP) is 3.03. The van der Waals surface area contributed by atoms with E-state index in [9.17, 15) is 9.59 Å². The molecule has 2 N–H and O–H groups in total. The first-order chi connectivity index (χ1) is 12.6. The van der Waals surface area contributed by atoms with E-state index in [1.54, 1.807) is 11.0 Å². The topological polar surface area (TPSA) is 70.7 Å². The molecule has 1 saturated carbocycles. The minimum absolute atomic E-state index is 0.0829. The third-order valence-electron chi connectivity index (χ3n) is 4.71. The van der Waals surface area contributed by atoms with Crippen LogP contribution in [0, 0.1) is 0 Å². The SMILES string of the molecule is O=C1NC(=S)S/C1=C\c1ccc2c(c1)N(C(=O)NC1CCCC1)CCO2. The van der Waals surface area contributed by atoms with Gasteiger partial charge >= 0.3 is 6.03 Å². The summed E-state index contributed by atoms with van der Waals surface area (Å²) in [5.41, 5.74) is 1.56.